The SMILES string of the molecule is CCCCCCC[N+](CCCCC)(CCCCC)CCCCC.[Cl-]. The Morgan fingerprint density at radius 3 is 0.958 bits per heavy atom. The summed E-state index contributed by atoms with van der Waals surface area (Å²) < 4.78 is 1.45. The van der Waals surface area contributed by atoms with Crippen molar-refractivity contribution in [1.29, 1.82) is 0 Å². The molecule has 0 atom stereocenters. The van der Waals surface area contributed by atoms with Gasteiger partial charge in [0.15, 0.2) is 0 Å². The minimum Gasteiger partial charge on any atom is -1.00 e. The van der Waals surface area contributed by atoms with Crippen LogP contribution in [0.1, 0.15) is 118 Å². The van der Waals surface area contributed by atoms with E-state index in [-0.39, 0.29) is 12.4 Å². The third-order valence-corrected chi connectivity index (χ3v) is 5.44. The third-order valence-electron chi connectivity index (χ3n) is 5.44. The van der Waals surface area contributed by atoms with Crippen molar-refractivity contribution in [1.82, 2.24) is 0 Å². The van der Waals surface area contributed by atoms with E-state index in [1.165, 1.54) is 121 Å². The summed E-state index contributed by atoms with van der Waals surface area (Å²) in [6, 6.07) is 0. The van der Waals surface area contributed by atoms with Gasteiger partial charge in [0.2, 0.25) is 0 Å². The summed E-state index contributed by atoms with van der Waals surface area (Å²) >= 11 is 0. The predicted molar refractivity (Wildman–Crippen MR) is 107 cm³/mol. The average Bonchev–Trinajstić information content (AvgIpc) is 2.55. The van der Waals surface area contributed by atoms with E-state index in [9.17, 15) is 0 Å². The molecule has 0 spiro atoms. The van der Waals surface area contributed by atoms with Crippen LogP contribution in [0.4, 0.5) is 0 Å². The molecule has 148 valence electrons. The average molecular weight is 362 g/mol. The Bertz CT molecular complexity index is 203. The van der Waals surface area contributed by atoms with E-state index in [2.05, 4.69) is 27.7 Å². The number of halogens is 1. The van der Waals surface area contributed by atoms with Crippen LogP contribution in [-0.4, -0.2) is 30.7 Å². The highest BCUT2D eigenvalue weighted by Crippen LogP contribution is 2.18. The molecule has 0 aliphatic carbocycles. The van der Waals surface area contributed by atoms with Crippen molar-refractivity contribution < 1.29 is 16.9 Å². The van der Waals surface area contributed by atoms with Gasteiger partial charge in [-0.1, -0.05) is 66.2 Å². The van der Waals surface area contributed by atoms with Crippen molar-refractivity contribution in [3.05, 3.63) is 0 Å². The summed E-state index contributed by atoms with van der Waals surface area (Å²) in [5.41, 5.74) is 0. The lowest BCUT2D eigenvalue weighted by atomic mass is 10.1. The molecule has 0 aromatic rings. The first-order valence-corrected chi connectivity index (χ1v) is 11.1. The molecule has 24 heavy (non-hydrogen) atoms. The quantitative estimate of drug-likeness (QED) is 0.251. The summed E-state index contributed by atoms with van der Waals surface area (Å²) in [5.74, 6) is 0. The first kappa shape index (κ1) is 26.5. The van der Waals surface area contributed by atoms with Gasteiger partial charge in [-0.15, -0.1) is 0 Å². The van der Waals surface area contributed by atoms with Crippen LogP contribution in [0.15, 0.2) is 0 Å². The van der Waals surface area contributed by atoms with Gasteiger partial charge in [0.25, 0.3) is 0 Å². The molecule has 0 aromatic heterocycles. The Balaban J connectivity index is 0. The van der Waals surface area contributed by atoms with Crippen molar-refractivity contribution in [2.24, 2.45) is 0 Å². The summed E-state index contributed by atoms with van der Waals surface area (Å²) in [6.45, 7) is 15.2. The molecule has 2 heteroatoms. The zero-order chi connectivity index (χ0) is 17.2. The van der Waals surface area contributed by atoms with E-state index in [4.69, 9.17) is 0 Å². The standard InChI is InChI=1S/C22H48N.ClH/c1-5-9-13-14-18-22-23(19-15-10-6-2,20-16-11-7-3)21-17-12-8-4;/h5-22H2,1-4H3;1H/q+1;/p-1. The second kappa shape index (κ2) is 19.6. The summed E-state index contributed by atoms with van der Waals surface area (Å²) in [4.78, 5) is 0. The molecule has 0 bridgehead atoms. The largest absolute Gasteiger partial charge is 1.00 e. The van der Waals surface area contributed by atoms with Crippen LogP contribution in [0, 0.1) is 0 Å². The van der Waals surface area contributed by atoms with E-state index < -0.39 is 0 Å². The summed E-state index contributed by atoms with van der Waals surface area (Å²) in [6.07, 6.45) is 19.9. The van der Waals surface area contributed by atoms with Crippen LogP contribution < -0.4 is 12.4 Å². The molecule has 0 heterocycles. The Morgan fingerprint density at radius 2 is 0.625 bits per heavy atom. The predicted octanol–water partition coefficient (Wildman–Crippen LogP) is 4.35. The molecule has 0 rings (SSSR count). The Morgan fingerprint density at radius 1 is 0.375 bits per heavy atom. The first-order chi connectivity index (χ1) is 11.2. The fourth-order valence-electron chi connectivity index (χ4n) is 3.81. The second-order valence-corrected chi connectivity index (χ2v) is 7.77. The lowest BCUT2D eigenvalue weighted by molar-refractivity contribution is -0.929. The highest BCUT2D eigenvalue weighted by Gasteiger charge is 2.25. The minimum absolute atomic E-state index is 0. The number of hydrogen-bond acceptors (Lipinski definition) is 0. The number of hydrogen-bond donors (Lipinski definition) is 0. The van der Waals surface area contributed by atoms with Crippen LogP contribution in [0.25, 0.3) is 0 Å². The Hall–Kier alpha value is 0.250. The van der Waals surface area contributed by atoms with Crippen molar-refractivity contribution in [3.63, 3.8) is 0 Å². The number of rotatable bonds is 18. The fourth-order valence-corrected chi connectivity index (χ4v) is 3.81. The van der Waals surface area contributed by atoms with Gasteiger partial charge in [-0.3, -0.25) is 0 Å². The second-order valence-electron chi connectivity index (χ2n) is 7.77. The van der Waals surface area contributed by atoms with Gasteiger partial charge in [-0.2, -0.15) is 0 Å². The van der Waals surface area contributed by atoms with Gasteiger partial charge in [0.05, 0.1) is 26.2 Å². The zero-order valence-corrected chi connectivity index (χ0v) is 18.3. The van der Waals surface area contributed by atoms with Gasteiger partial charge in [-0.05, 0) is 51.4 Å². The van der Waals surface area contributed by atoms with Crippen LogP contribution in [0.3, 0.4) is 0 Å². The maximum absolute atomic E-state index is 2.34. The Kier molecular flexibility index (Phi) is 21.6. The van der Waals surface area contributed by atoms with E-state index in [0.29, 0.717) is 0 Å². The molecular formula is C22H48ClN. The molecule has 0 saturated heterocycles. The molecule has 0 saturated carbocycles. The van der Waals surface area contributed by atoms with Gasteiger partial charge >= 0.3 is 0 Å². The molecule has 0 aliphatic heterocycles. The van der Waals surface area contributed by atoms with Crippen molar-refractivity contribution >= 4 is 0 Å². The molecule has 0 unspecified atom stereocenters. The van der Waals surface area contributed by atoms with Gasteiger partial charge < -0.3 is 16.9 Å². The lowest BCUT2D eigenvalue weighted by Crippen LogP contribution is -3.00. The topological polar surface area (TPSA) is 0 Å². The molecule has 1 nitrogen and oxygen atoms in total. The van der Waals surface area contributed by atoms with E-state index in [1.807, 2.05) is 0 Å². The molecular weight excluding hydrogens is 314 g/mol. The number of nitrogens with zero attached hydrogens (tertiary/aromatic N) is 1. The van der Waals surface area contributed by atoms with E-state index >= 15 is 0 Å². The van der Waals surface area contributed by atoms with Gasteiger partial charge in [0, 0.05) is 0 Å². The molecule has 0 fully saturated rings. The highest BCUT2D eigenvalue weighted by molar-refractivity contribution is 4.52. The molecule has 0 aliphatic rings. The summed E-state index contributed by atoms with van der Waals surface area (Å²) in [7, 11) is 0. The smallest absolute Gasteiger partial charge is 0.0786 e. The molecule has 0 aromatic carbocycles. The molecule has 0 amide bonds. The zero-order valence-electron chi connectivity index (χ0n) is 17.6. The third kappa shape index (κ3) is 14.6. The number of quaternary nitrogens is 1. The monoisotopic (exact) mass is 361 g/mol. The summed E-state index contributed by atoms with van der Waals surface area (Å²) in [5, 5.41) is 0. The van der Waals surface area contributed by atoms with Gasteiger partial charge in [0.1, 0.15) is 0 Å². The van der Waals surface area contributed by atoms with Crippen LogP contribution in [-0.2, 0) is 0 Å². The fraction of sp³-hybridized carbons (Fsp3) is 1.00. The maximum atomic E-state index is 2.34. The van der Waals surface area contributed by atoms with Crippen LogP contribution >= 0.6 is 0 Å². The lowest BCUT2D eigenvalue weighted by Gasteiger charge is -2.39. The Labute approximate surface area is 161 Å². The van der Waals surface area contributed by atoms with Crippen molar-refractivity contribution in [2.75, 3.05) is 26.2 Å². The molecule has 0 radical (unpaired) electrons. The highest BCUT2D eigenvalue weighted by atomic mass is 35.5. The van der Waals surface area contributed by atoms with E-state index in [0.717, 1.165) is 0 Å². The van der Waals surface area contributed by atoms with Crippen molar-refractivity contribution in [3.8, 4) is 0 Å². The minimum atomic E-state index is 0. The van der Waals surface area contributed by atoms with Crippen LogP contribution in [0.5, 0.6) is 0 Å². The normalized spacial score (nSPS) is 11.5. The maximum Gasteiger partial charge on any atom is 0.0786 e. The van der Waals surface area contributed by atoms with Gasteiger partial charge in [-0.25, -0.2) is 0 Å². The van der Waals surface area contributed by atoms with Crippen LogP contribution in [0.2, 0.25) is 0 Å². The number of unbranched alkanes of at least 4 members (excludes halogenated alkanes) is 10. The molecule has 0 N–H and O–H groups in total. The van der Waals surface area contributed by atoms with Crippen molar-refractivity contribution in [2.45, 2.75) is 118 Å². The van der Waals surface area contributed by atoms with E-state index in [1.54, 1.807) is 0 Å². The first-order valence-electron chi connectivity index (χ1n) is 11.1.